The lowest BCUT2D eigenvalue weighted by molar-refractivity contribution is -0.0502. The van der Waals surface area contributed by atoms with Gasteiger partial charge in [0, 0.05) is 12.3 Å². The van der Waals surface area contributed by atoms with E-state index in [-0.39, 0.29) is 21.7 Å². The number of hydrogen-bond donors (Lipinski definition) is 2. The van der Waals surface area contributed by atoms with Gasteiger partial charge in [-0.25, -0.2) is 4.79 Å². The molecule has 0 bridgehead atoms. The van der Waals surface area contributed by atoms with Crippen molar-refractivity contribution in [3.05, 3.63) is 33.1 Å². The van der Waals surface area contributed by atoms with Crippen LogP contribution in [0.4, 0.5) is 0 Å². The van der Waals surface area contributed by atoms with E-state index in [1.807, 2.05) is 0 Å². The molecule has 9 heteroatoms. The van der Waals surface area contributed by atoms with E-state index in [0.29, 0.717) is 0 Å². The summed E-state index contributed by atoms with van der Waals surface area (Å²) in [4.78, 5) is 25.7. The van der Waals surface area contributed by atoms with Crippen LogP contribution in [-0.2, 0) is 9.16 Å². The Hall–Kier alpha value is -0.493. The van der Waals surface area contributed by atoms with Crippen LogP contribution < -0.4 is 11.2 Å². The third-order valence-corrected chi connectivity index (χ3v) is 10.8. The summed E-state index contributed by atoms with van der Waals surface area (Å²) in [5.74, 6) is 0. The Morgan fingerprint density at radius 3 is 2.54 bits per heavy atom. The Labute approximate surface area is 155 Å². The first-order valence-corrected chi connectivity index (χ1v) is 12.0. The maximum absolute atomic E-state index is 12.2. The Kier molecular flexibility index (Phi) is 5.80. The highest BCUT2D eigenvalue weighted by Crippen LogP contribution is 2.43. The van der Waals surface area contributed by atoms with Crippen LogP contribution >= 0.6 is 22.6 Å². The zero-order valence-electron chi connectivity index (χ0n) is 14.6. The molecule has 0 amide bonds. The van der Waals surface area contributed by atoms with E-state index in [1.54, 1.807) is 0 Å². The van der Waals surface area contributed by atoms with Gasteiger partial charge in [-0.2, -0.15) is 0 Å². The van der Waals surface area contributed by atoms with Crippen molar-refractivity contribution in [2.75, 3.05) is 6.61 Å². The van der Waals surface area contributed by atoms with Gasteiger partial charge in [0.1, 0.15) is 6.10 Å². The van der Waals surface area contributed by atoms with E-state index in [1.165, 1.54) is 16.8 Å². The second-order valence-electron chi connectivity index (χ2n) is 7.55. The largest absolute Gasteiger partial charge is 0.408 e. The monoisotopic (exact) mass is 468 g/mol. The summed E-state index contributed by atoms with van der Waals surface area (Å²) in [7, 11) is -2.11. The van der Waals surface area contributed by atoms with Crippen LogP contribution in [0.25, 0.3) is 0 Å². The lowest BCUT2D eigenvalue weighted by Gasteiger charge is -2.40. The molecule has 136 valence electrons. The summed E-state index contributed by atoms with van der Waals surface area (Å²) in [5, 5.41) is 9.57. The number of nitrogens with zero attached hydrogens (tertiary/aromatic N) is 1. The molecule has 0 spiro atoms. The summed E-state index contributed by atoms with van der Waals surface area (Å²) in [6, 6.07) is 1.28. The molecule has 7 nitrogen and oxygen atoms in total. The first-order valence-electron chi connectivity index (χ1n) is 7.87. The Morgan fingerprint density at radius 1 is 1.42 bits per heavy atom. The van der Waals surface area contributed by atoms with Gasteiger partial charge in [0.2, 0.25) is 0 Å². The first-order chi connectivity index (χ1) is 11.0. The minimum absolute atomic E-state index is 0.00116. The number of rotatable bonds is 4. The second-order valence-corrected chi connectivity index (χ2v) is 13.7. The molecule has 0 radical (unpaired) electrons. The van der Waals surface area contributed by atoms with Crippen molar-refractivity contribution in [2.45, 2.75) is 61.3 Å². The van der Waals surface area contributed by atoms with Crippen LogP contribution in [0.1, 0.15) is 27.0 Å². The maximum Gasteiger partial charge on any atom is 0.330 e. The standard InChI is InChI=1S/C15H25IN2O5Si/c1-15(2,3)24(4,5)23-12-11(16)9(8-19)22-13(12)18-7-6-10(20)17-14(18)21/h6-7,9,11-13,19H,8H2,1-5H3,(H,17,20,21)/t9?,11-,12?,13?/m0/s1. The Bertz CT molecular complexity index is 696. The minimum atomic E-state index is -2.11. The molecule has 3 unspecified atom stereocenters. The SMILES string of the molecule is CC(C)(C)[Si](C)(C)OC1C(n2ccc(=O)[nH]c2=O)OC(CO)[C@@H]1I. The summed E-state index contributed by atoms with van der Waals surface area (Å²) in [6.45, 7) is 10.5. The molecule has 0 saturated carbocycles. The molecule has 1 aliphatic rings. The van der Waals surface area contributed by atoms with Crippen molar-refractivity contribution >= 4 is 30.9 Å². The quantitative estimate of drug-likeness (QED) is 0.398. The molecule has 2 heterocycles. The van der Waals surface area contributed by atoms with Crippen molar-refractivity contribution in [1.82, 2.24) is 9.55 Å². The molecular formula is C15H25IN2O5Si. The average Bonchev–Trinajstić information content (AvgIpc) is 2.74. The minimum Gasteiger partial charge on any atom is -0.408 e. The van der Waals surface area contributed by atoms with Crippen LogP contribution in [0.15, 0.2) is 21.9 Å². The highest BCUT2D eigenvalue weighted by atomic mass is 127. The van der Waals surface area contributed by atoms with Gasteiger partial charge in [-0.15, -0.1) is 0 Å². The third-order valence-electron chi connectivity index (χ3n) is 4.81. The molecule has 4 atom stereocenters. The summed E-state index contributed by atoms with van der Waals surface area (Å²) in [5.41, 5.74) is -1.00. The van der Waals surface area contributed by atoms with Crippen molar-refractivity contribution in [3.8, 4) is 0 Å². The molecule has 1 aromatic heterocycles. The van der Waals surface area contributed by atoms with Gasteiger partial charge in [-0.05, 0) is 18.1 Å². The number of alkyl halides is 1. The van der Waals surface area contributed by atoms with E-state index in [9.17, 15) is 14.7 Å². The Balaban J connectivity index is 2.41. The van der Waals surface area contributed by atoms with Crippen molar-refractivity contribution < 1.29 is 14.3 Å². The lowest BCUT2D eigenvalue weighted by atomic mass is 10.2. The molecule has 2 N–H and O–H groups in total. The fourth-order valence-corrected chi connectivity index (χ4v) is 4.81. The third kappa shape index (κ3) is 3.84. The Morgan fingerprint density at radius 2 is 2.04 bits per heavy atom. The number of hydrogen-bond acceptors (Lipinski definition) is 5. The van der Waals surface area contributed by atoms with E-state index >= 15 is 0 Å². The van der Waals surface area contributed by atoms with Gasteiger partial charge in [0.15, 0.2) is 14.5 Å². The number of aromatic amines is 1. The van der Waals surface area contributed by atoms with Crippen molar-refractivity contribution in [1.29, 1.82) is 0 Å². The normalized spacial score (nSPS) is 28.3. The second kappa shape index (κ2) is 7.02. The zero-order valence-corrected chi connectivity index (χ0v) is 17.7. The molecule has 24 heavy (non-hydrogen) atoms. The number of aromatic nitrogens is 2. The fraction of sp³-hybridized carbons (Fsp3) is 0.733. The van der Waals surface area contributed by atoms with Crippen LogP contribution in [0.2, 0.25) is 18.1 Å². The lowest BCUT2D eigenvalue weighted by Crippen LogP contribution is -2.48. The number of aliphatic hydroxyl groups is 1. The summed E-state index contributed by atoms with van der Waals surface area (Å²) < 4.78 is 13.6. The maximum atomic E-state index is 12.2. The van der Waals surface area contributed by atoms with E-state index in [4.69, 9.17) is 9.16 Å². The highest BCUT2D eigenvalue weighted by molar-refractivity contribution is 14.1. The van der Waals surface area contributed by atoms with Gasteiger partial charge < -0.3 is 14.3 Å². The van der Waals surface area contributed by atoms with Gasteiger partial charge in [-0.3, -0.25) is 14.3 Å². The number of ether oxygens (including phenoxy) is 1. The van der Waals surface area contributed by atoms with Gasteiger partial charge in [-0.1, -0.05) is 43.4 Å². The average molecular weight is 468 g/mol. The van der Waals surface area contributed by atoms with Crippen molar-refractivity contribution in [3.63, 3.8) is 0 Å². The van der Waals surface area contributed by atoms with Crippen LogP contribution in [0.5, 0.6) is 0 Å². The molecule has 1 aromatic rings. The van der Waals surface area contributed by atoms with Gasteiger partial charge in [0.05, 0.1) is 16.6 Å². The molecule has 1 fully saturated rings. The molecule has 0 aromatic carbocycles. The smallest absolute Gasteiger partial charge is 0.330 e. The predicted molar refractivity (Wildman–Crippen MR) is 102 cm³/mol. The number of halogens is 1. The fourth-order valence-electron chi connectivity index (χ4n) is 2.34. The topological polar surface area (TPSA) is 93.6 Å². The summed E-state index contributed by atoms with van der Waals surface area (Å²) >= 11 is 2.21. The molecule has 1 saturated heterocycles. The summed E-state index contributed by atoms with van der Waals surface area (Å²) in [6.07, 6.45) is -0.0734. The van der Waals surface area contributed by atoms with Crippen LogP contribution in [0, 0.1) is 0 Å². The number of H-pyrrole nitrogens is 1. The molecule has 0 aliphatic carbocycles. The van der Waals surface area contributed by atoms with Crippen molar-refractivity contribution in [2.24, 2.45) is 0 Å². The number of aliphatic hydroxyl groups excluding tert-OH is 1. The van der Waals surface area contributed by atoms with Crippen LogP contribution in [0.3, 0.4) is 0 Å². The first kappa shape index (κ1) is 19.8. The van der Waals surface area contributed by atoms with Crippen LogP contribution in [-0.4, -0.2) is 45.7 Å². The van der Waals surface area contributed by atoms with E-state index < -0.39 is 31.9 Å². The van der Waals surface area contributed by atoms with Gasteiger partial charge >= 0.3 is 5.69 Å². The highest BCUT2D eigenvalue weighted by Gasteiger charge is 2.49. The van der Waals surface area contributed by atoms with Gasteiger partial charge in [0.25, 0.3) is 5.56 Å². The van der Waals surface area contributed by atoms with E-state index in [0.717, 1.165) is 0 Å². The molecule has 1 aliphatic heterocycles. The predicted octanol–water partition coefficient (Wildman–Crippen LogP) is 1.62. The van der Waals surface area contributed by atoms with E-state index in [2.05, 4.69) is 61.4 Å². The molecule has 2 rings (SSSR count). The number of nitrogens with one attached hydrogen (secondary N) is 1. The zero-order chi connectivity index (χ0) is 18.3. The molecular weight excluding hydrogens is 443 g/mol.